The zero-order chi connectivity index (χ0) is 18.9. The van der Waals surface area contributed by atoms with Crippen LogP contribution in [0.2, 0.25) is 0 Å². The van der Waals surface area contributed by atoms with Crippen LogP contribution in [0.15, 0.2) is 47.5 Å². The van der Waals surface area contributed by atoms with Crippen molar-refractivity contribution in [3.8, 4) is 17.2 Å². The molecule has 0 radical (unpaired) electrons. The first-order valence-corrected chi connectivity index (χ1v) is 8.65. The Hall–Kier alpha value is -2.16. The van der Waals surface area contributed by atoms with E-state index in [0.29, 0.717) is 30.6 Å². The number of guanidine groups is 1. The third-order valence-corrected chi connectivity index (χ3v) is 3.46. The summed E-state index contributed by atoms with van der Waals surface area (Å²) in [6, 6.07) is 13.3. The predicted octanol–water partition coefficient (Wildman–Crippen LogP) is 4.43. The molecule has 0 aliphatic carbocycles. The van der Waals surface area contributed by atoms with Crippen LogP contribution in [-0.4, -0.2) is 25.8 Å². The molecule has 0 unspecified atom stereocenters. The number of benzene rings is 2. The zero-order valence-corrected chi connectivity index (χ0v) is 18.5. The zero-order valence-electron chi connectivity index (χ0n) is 16.2. The lowest BCUT2D eigenvalue weighted by Gasteiger charge is -2.11. The molecule has 0 aliphatic rings. The lowest BCUT2D eigenvalue weighted by Crippen LogP contribution is -2.22. The number of ether oxygens (including phenoxy) is 3. The van der Waals surface area contributed by atoms with E-state index in [1.54, 1.807) is 7.11 Å². The molecule has 3 N–H and O–H groups in total. The van der Waals surface area contributed by atoms with Crippen molar-refractivity contribution >= 4 is 35.6 Å². The van der Waals surface area contributed by atoms with E-state index in [-0.39, 0.29) is 30.1 Å². The molecule has 27 heavy (non-hydrogen) atoms. The van der Waals surface area contributed by atoms with Gasteiger partial charge in [-0.3, -0.25) is 0 Å². The first kappa shape index (κ1) is 22.9. The number of rotatable bonds is 8. The molecule has 0 heterocycles. The Morgan fingerprint density at radius 2 is 1.81 bits per heavy atom. The number of hydrogen-bond donors (Lipinski definition) is 2. The highest BCUT2D eigenvalue weighted by molar-refractivity contribution is 14.0. The molecule has 0 aliphatic heterocycles. The van der Waals surface area contributed by atoms with Crippen LogP contribution in [0.5, 0.6) is 17.2 Å². The van der Waals surface area contributed by atoms with Gasteiger partial charge >= 0.3 is 0 Å². The normalized spacial score (nSPS) is 10.9. The molecule has 6 nitrogen and oxygen atoms in total. The molecule has 0 bridgehead atoms. The fourth-order valence-corrected chi connectivity index (χ4v) is 2.34. The lowest BCUT2D eigenvalue weighted by atomic mass is 10.2. The van der Waals surface area contributed by atoms with Crippen molar-refractivity contribution < 1.29 is 14.2 Å². The molecule has 2 aromatic carbocycles. The van der Waals surface area contributed by atoms with Gasteiger partial charge < -0.3 is 25.3 Å². The van der Waals surface area contributed by atoms with Crippen LogP contribution in [0.3, 0.4) is 0 Å². The van der Waals surface area contributed by atoms with Crippen LogP contribution in [-0.2, 0) is 6.54 Å². The van der Waals surface area contributed by atoms with E-state index in [1.165, 1.54) is 0 Å². The van der Waals surface area contributed by atoms with Crippen molar-refractivity contribution in [2.75, 3.05) is 19.0 Å². The van der Waals surface area contributed by atoms with Gasteiger partial charge in [0.2, 0.25) is 0 Å². The first-order valence-electron chi connectivity index (χ1n) is 8.65. The molecule has 7 heteroatoms. The average molecular weight is 485 g/mol. The lowest BCUT2D eigenvalue weighted by molar-refractivity contribution is 0.242. The second kappa shape index (κ2) is 11.5. The molecular formula is C20H28IN3O3. The third-order valence-electron chi connectivity index (χ3n) is 3.46. The molecule has 0 spiro atoms. The Kier molecular flexibility index (Phi) is 9.77. The third kappa shape index (κ3) is 7.54. The van der Waals surface area contributed by atoms with Gasteiger partial charge in [0.25, 0.3) is 0 Å². The number of hydrogen-bond acceptors (Lipinski definition) is 4. The molecule has 0 saturated heterocycles. The summed E-state index contributed by atoms with van der Waals surface area (Å²) < 4.78 is 16.5. The summed E-state index contributed by atoms with van der Waals surface area (Å²) in [6.45, 7) is 6.93. The van der Waals surface area contributed by atoms with E-state index in [1.807, 2.05) is 63.2 Å². The number of nitrogens with two attached hydrogens (primary N) is 1. The van der Waals surface area contributed by atoms with Gasteiger partial charge in [-0.1, -0.05) is 6.07 Å². The summed E-state index contributed by atoms with van der Waals surface area (Å²) >= 11 is 0. The Morgan fingerprint density at radius 1 is 1.11 bits per heavy atom. The van der Waals surface area contributed by atoms with E-state index in [4.69, 9.17) is 19.9 Å². The van der Waals surface area contributed by atoms with E-state index >= 15 is 0 Å². The Labute approximate surface area is 178 Å². The molecule has 0 saturated carbocycles. The number of anilines is 1. The number of halogens is 1. The summed E-state index contributed by atoms with van der Waals surface area (Å²) in [4.78, 5) is 4.37. The van der Waals surface area contributed by atoms with E-state index in [0.717, 1.165) is 17.0 Å². The molecule has 148 valence electrons. The van der Waals surface area contributed by atoms with Crippen LogP contribution < -0.4 is 25.3 Å². The molecular weight excluding hydrogens is 457 g/mol. The molecule has 0 amide bonds. The van der Waals surface area contributed by atoms with Gasteiger partial charge in [-0.25, -0.2) is 4.99 Å². The van der Waals surface area contributed by atoms with Crippen LogP contribution in [0.25, 0.3) is 0 Å². The smallest absolute Gasteiger partial charge is 0.193 e. The summed E-state index contributed by atoms with van der Waals surface area (Å²) in [5.74, 6) is 2.57. The number of methoxy groups -OCH3 is 1. The van der Waals surface area contributed by atoms with E-state index in [2.05, 4.69) is 10.3 Å². The average Bonchev–Trinajstić information content (AvgIpc) is 2.62. The van der Waals surface area contributed by atoms with Crippen LogP contribution >= 0.6 is 24.0 Å². The quantitative estimate of drug-likeness (QED) is 0.329. The Bertz CT molecular complexity index is 734. The van der Waals surface area contributed by atoms with Gasteiger partial charge in [-0.15, -0.1) is 24.0 Å². The SMILES string of the molecule is CCOc1cc(CN=C(N)Nc2ccc(OC(C)C)cc2)ccc1OC.I. The topological polar surface area (TPSA) is 78.1 Å². The van der Waals surface area contributed by atoms with Crippen LogP contribution in [0.1, 0.15) is 26.3 Å². The first-order chi connectivity index (χ1) is 12.5. The monoisotopic (exact) mass is 485 g/mol. The van der Waals surface area contributed by atoms with Crippen molar-refractivity contribution in [3.63, 3.8) is 0 Å². The van der Waals surface area contributed by atoms with Crippen molar-refractivity contribution in [2.24, 2.45) is 10.7 Å². The van der Waals surface area contributed by atoms with Gasteiger partial charge in [-0.2, -0.15) is 0 Å². The fraction of sp³-hybridized carbons (Fsp3) is 0.350. The van der Waals surface area contributed by atoms with E-state index in [9.17, 15) is 0 Å². The molecule has 2 aromatic rings. The fourth-order valence-electron chi connectivity index (χ4n) is 2.34. The van der Waals surface area contributed by atoms with Gasteiger partial charge in [0.15, 0.2) is 17.5 Å². The van der Waals surface area contributed by atoms with Crippen molar-refractivity contribution in [3.05, 3.63) is 48.0 Å². The van der Waals surface area contributed by atoms with Gasteiger partial charge in [-0.05, 0) is 62.7 Å². The van der Waals surface area contributed by atoms with Crippen molar-refractivity contribution in [1.82, 2.24) is 0 Å². The molecule has 0 aromatic heterocycles. The second-order valence-corrected chi connectivity index (χ2v) is 5.94. The Morgan fingerprint density at radius 3 is 2.41 bits per heavy atom. The van der Waals surface area contributed by atoms with Gasteiger partial charge in [0.1, 0.15) is 5.75 Å². The predicted molar refractivity (Wildman–Crippen MR) is 121 cm³/mol. The van der Waals surface area contributed by atoms with Gasteiger partial charge in [0.05, 0.1) is 26.4 Å². The maximum atomic E-state index is 5.98. The van der Waals surface area contributed by atoms with Crippen molar-refractivity contribution in [1.29, 1.82) is 0 Å². The van der Waals surface area contributed by atoms with E-state index < -0.39 is 0 Å². The Balaban J connectivity index is 0.00000364. The van der Waals surface area contributed by atoms with Crippen LogP contribution in [0.4, 0.5) is 5.69 Å². The summed E-state index contributed by atoms with van der Waals surface area (Å²) in [7, 11) is 1.62. The van der Waals surface area contributed by atoms with Crippen molar-refractivity contribution in [2.45, 2.75) is 33.4 Å². The summed E-state index contributed by atoms with van der Waals surface area (Å²) in [6.07, 6.45) is 0.145. The largest absolute Gasteiger partial charge is 0.493 e. The maximum Gasteiger partial charge on any atom is 0.193 e. The minimum absolute atomic E-state index is 0. The molecule has 0 fully saturated rings. The standard InChI is InChI=1S/C20H27N3O3.HI/c1-5-25-19-12-15(6-11-18(19)24-4)13-22-20(21)23-16-7-9-17(10-8-16)26-14(2)3;/h6-12,14H,5,13H2,1-4H3,(H3,21,22,23);1H. The minimum Gasteiger partial charge on any atom is -0.493 e. The van der Waals surface area contributed by atoms with Crippen LogP contribution in [0, 0.1) is 0 Å². The number of nitrogens with one attached hydrogen (secondary N) is 1. The minimum atomic E-state index is 0. The molecule has 0 atom stereocenters. The highest BCUT2D eigenvalue weighted by Crippen LogP contribution is 2.28. The number of nitrogens with zero attached hydrogens (tertiary/aromatic N) is 1. The maximum absolute atomic E-state index is 5.98. The highest BCUT2D eigenvalue weighted by atomic mass is 127. The second-order valence-electron chi connectivity index (χ2n) is 5.94. The highest BCUT2D eigenvalue weighted by Gasteiger charge is 2.05. The summed E-state index contributed by atoms with van der Waals surface area (Å²) in [5.41, 5.74) is 7.82. The summed E-state index contributed by atoms with van der Waals surface area (Å²) in [5, 5.41) is 3.07. The number of aliphatic imine (C=N–C) groups is 1. The van der Waals surface area contributed by atoms with Gasteiger partial charge in [0, 0.05) is 5.69 Å². The molecule has 2 rings (SSSR count).